The van der Waals surface area contributed by atoms with Crippen molar-refractivity contribution in [2.24, 2.45) is 0 Å². The van der Waals surface area contributed by atoms with Gasteiger partial charge in [-0.3, -0.25) is 4.79 Å². The summed E-state index contributed by atoms with van der Waals surface area (Å²) in [6.07, 6.45) is 0. The van der Waals surface area contributed by atoms with Gasteiger partial charge in [0.05, 0.1) is 5.69 Å². The second-order valence-electron chi connectivity index (χ2n) is 3.92. The summed E-state index contributed by atoms with van der Waals surface area (Å²) >= 11 is 0. The quantitative estimate of drug-likeness (QED) is 0.837. The zero-order valence-electron chi connectivity index (χ0n) is 10.1. The summed E-state index contributed by atoms with van der Waals surface area (Å²) in [5.41, 5.74) is 1.02. The zero-order chi connectivity index (χ0) is 12.4. The fraction of sp³-hybridized carbons (Fsp3) is 0.0714. The maximum absolute atomic E-state index is 11.6. The van der Waals surface area contributed by atoms with Crippen LogP contribution < -0.4 is 5.32 Å². The molecule has 0 saturated carbocycles. The number of hydrogen-bond acceptors (Lipinski definition) is 2. The van der Waals surface area contributed by atoms with Crippen molar-refractivity contribution in [2.75, 3.05) is 5.32 Å². The zero-order valence-corrected chi connectivity index (χ0v) is 12.9. The summed E-state index contributed by atoms with van der Waals surface area (Å²) in [7, 11) is 0. The number of amides is 1. The number of benzene rings is 2. The van der Waals surface area contributed by atoms with E-state index in [2.05, 4.69) is 11.9 Å². The van der Waals surface area contributed by atoms with Gasteiger partial charge in [0.15, 0.2) is 0 Å². The largest absolute Gasteiger partial charge is 0.507 e. The van der Waals surface area contributed by atoms with Gasteiger partial charge < -0.3 is 10.4 Å². The van der Waals surface area contributed by atoms with E-state index in [4.69, 9.17) is 0 Å². The van der Waals surface area contributed by atoms with E-state index in [9.17, 15) is 9.90 Å². The van der Waals surface area contributed by atoms with Crippen LogP contribution >= 0.6 is 0 Å². The molecule has 4 heteroatoms. The molecule has 2 aromatic carbocycles. The SMILES string of the molecule is C=C(C)C(=O)Nc1cccc2cccc(O)c12.[Y]. The Balaban J connectivity index is 0.00000162. The van der Waals surface area contributed by atoms with Crippen molar-refractivity contribution in [1.29, 1.82) is 0 Å². The van der Waals surface area contributed by atoms with Crippen LogP contribution in [0.3, 0.4) is 0 Å². The Morgan fingerprint density at radius 2 is 1.83 bits per heavy atom. The van der Waals surface area contributed by atoms with Gasteiger partial charge >= 0.3 is 0 Å². The number of anilines is 1. The summed E-state index contributed by atoms with van der Waals surface area (Å²) in [5, 5.41) is 14.1. The summed E-state index contributed by atoms with van der Waals surface area (Å²) in [6.45, 7) is 5.22. The van der Waals surface area contributed by atoms with Crippen molar-refractivity contribution in [3.63, 3.8) is 0 Å². The average molecular weight is 316 g/mol. The van der Waals surface area contributed by atoms with E-state index in [0.29, 0.717) is 16.6 Å². The van der Waals surface area contributed by atoms with Crippen LogP contribution in [0.25, 0.3) is 10.8 Å². The topological polar surface area (TPSA) is 49.3 Å². The monoisotopic (exact) mass is 316 g/mol. The number of rotatable bonds is 2. The van der Waals surface area contributed by atoms with Crippen LogP contribution in [-0.2, 0) is 37.5 Å². The van der Waals surface area contributed by atoms with Crippen LogP contribution in [0.15, 0.2) is 48.6 Å². The van der Waals surface area contributed by atoms with Gasteiger partial charge in [-0.2, -0.15) is 0 Å². The summed E-state index contributed by atoms with van der Waals surface area (Å²) < 4.78 is 0. The van der Waals surface area contributed by atoms with Crippen LogP contribution in [0.4, 0.5) is 5.69 Å². The number of aromatic hydroxyl groups is 1. The molecule has 0 spiro atoms. The minimum absolute atomic E-state index is 0. The Bertz CT molecular complexity index is 603. The van der Waals surface area contributed by atoms with Crippen molar-refractivity contribution in [2.45, 2.75) is 6.92 Å². The molecule has 0 saturated heterocycles. The van der Waals surface area contributed by atoms with Crippen molar-refractivity contribution in [3.8, 4) is 5.75 Å². The third-order valence-electron chi connectivity index (χ3n) is 2.52. The Hall–Kier alpha value is -1.19. The van der Waals surface area contributed by atoms with Crippen LogP contribution in [0.5, 0.6) is 5.75 Å². The van der Waals surface area contributed by atoms with Crippen molar-refractivity contribution in [1.82, 2.24) is 0 Å². The van der Waals surface area contributed by atoms with Gasteiger partial charge in [0.25, 0.3) is 5.91 Å². The molecule has 18 heavy (non-hydrogen) atoms. The molecule has 0 fully saturated rings. The first kappa shape index (κ1) is 14.9. The van der Waals surface area contributed by atoms with Gasteiger partial charge in [-0.15, -0.1) is 0 Å². The molecule has 0 aliphatic carbocycles. The number of carbonyl (C=O) groups excluding carboxylic acids is 1. The Kier molecular flexibility index (Phi) is 5.06. The number of nitrogens with one attached hydrogen (secondary N) is 1. The molecule has 0 aliphatic heterocycles. The third kappa shape index (κ3) is 2.98. The number of phenolic OH excluding ortho intramolecular Hbond substituents is 1. The molecule has 1 amide bonds. The van der Waals surface area contributed by atoms with E-state index in [1.807, 2.05) is 18.2 Å². The fourth-order valence-electron chi connectivity index (χ4n) is 1.65. The molecule has 0 atom stereocenters. The van der Waals surface area contributed by atoms with Gasteiger partial charge in [0, 0.05) is 43.7 Å². The summed E-state index contributed by atoms with van der Waals surface area (Å²) in [4.78, 5) is 11.6. The Labute approximate surface area is 131 Å². The van der Waals surface area contributed by atoms with E-state index in [1.54, 1.807) is 25.1 Å². The minimum Gasteiger partial charge on any atom is -0.507 e. The average Bonchev–Trinajstić information content (AvgIpc) is 2.29. The standard InChI is InChI=1S/C14H13NO2.Y/c1-9(2)14(17)15-11-7-3-5-10-6-4-8-12(16)13(10)11;/h3-8,16H,1H2,2H3,(H,15,17);. The third-order valence-corrected chi connectivity index (χ3v) is 2.52. The summed E-state index contributed by atoms with van der Waals surface area (Å²) in [6, 6.07) is 10.7. The molecule has 2 N–H and O–H groups in total. The van der Waals surface area contributed by atoms with Gasteiger partial charge in [-0.1, -0.05) is 30.8 Å². The van der Waals surface area contributed by atoms with E-state index in [0.717, 1.165) is 5.39 Å². The van der Waals surface area contributed by atoms with Crippen molar-refractivity contribution in [3.05, 3.63) is 48.6 Å². The van der Waals surface area contributed by atoms with E-state index >= 15 is 0 Å². The van der Waals surface area contributed by atoms with Crippen LogP contribution in [0, 0.1) is 0 Å². The molecule has 3 nitrogen and oxygen atoms in total. The van der Waals surface area contributed by atoms with Crippen LogP contribution in [0.2, 0.25) is 0 Å². The molecule has 0 aromatic heterocycles. The first-order chi connectivity index (χ1) is 8.09. The minimum atomic E-state index is -0.249. The molecule has 1 radical (unpaired) electrons. The van der Waals surface area contributed by atoms with Crippen LogP contribution in [0.1, 0.15) is 6.92 Å². The van der Waals surface area contributed by atoms with Gasteiger partial charge in [0.2, 0.25) is 0 Å². The Morgan fingerprint density at radius 1 is 1.22 bits per heavy atom. The van der Waals surface area contributed by atoms with Gasteiger partial charge in [-0.05, 0) is 24.4 Å². The number of carbonyl (C=O) groups is 1. The summed E-state index contributed by atoms with van der Waals surface area (Å²) in [5.74, 6) is -0.0964. The second-order valence-corrected chi connectivity index (χ2v) is 3.92. The molecule has 0 aliphatic rings. The van der Waals surface area contributed by atoms with E-state index in [1.165, 1.54) is 0 Å². The second kappa shape index (κ2) is 6.12. The molecule has 0 bridgehead atoms. The molecule has 2 rings (SSSR count). The van der Waals surface area contributed by atoms with E-state index < -0.39 is 0 Å². The fourth-order valence-corrected chi connectivity index (χ4v) is 1.65. The van der Waals surface area contributed by atoms with E-state index in [-0.39, 0.29) is 44.4 Å². The maximum atomic E-state index is 11.6. The Morgan fingerprint density at radius 3 is 2.44 bits per heavy atom. The first-order valence-electron chi connectivity index (χ1n) is 5.27. The first-order valence-corrected chi connectivity index (χ1v) is 5.27. The molecule has 89 valence electrons. The van der Waals surface area contributed by atoms with Crippen LogP contribution in [-0.4, -0.2) is 11.0 Å². The molecular formula is C14H13NO2Y. The number of hydrogen-bond donors (Lipinski definition) is 2. The predicted octanol–water partition coefficient (Wildman–Crippen LogP) is 3.06. The normalized spacial score (nSPS) is 9.61. The van der Waals surface area contributed by atoms with Crippen molar-refractivity contribution >= 4 is 22.4 Å². The molecule has 0 heterocycles. The number of phenols is 1. The smallest absolute Gasteiger partial charge is 0.250 e. The predicted molar refractivity (Wildman–Crippen MR) is 69.1 cm³/mol. The van der Waals surface area contributed by atoms with Crippen molar-refractivity contribution < 1.29 is 42.6 Å². The molecule has 0 unspecified atom stereocenters. The number of fused-ring (bicyclic) bond motifs is 1. The molecule has 2 aromatic rings. The van der Waals surface area contributed by atoms with Gasteiger partial charge in [-0.25, -0.2) is 0 Å². The van der Waals surface area contributed by atoms with Gasteiger partial charge in [0.1, 0.15) is 5.75 Å². The molecular weight excluding hydrogens is 303 g/mol. The maximum Gasteiger partial charge on any atom is 0.250 e.